The van der Waals surface area contributed by atoms with Gasteiger partial charge in [-0.2, -0.15) is 0 Å². The van der Waals surface area contributed by atoms with Crippen LogP contribution in [0.25, 0.3) is 0 Å². The van der Waals surface area contributed by atoms with Crippen molar-refractivity contribution in [3.8, 4) is 0 Å². The van der Waals surface area contributed by atoms with E-state index in [1.54, 1.807) is 17.9 Å². The van der Waals surface area contributed by atoms with Gasteiger partial charge >= 0.3 is 12.0 Å². The van der Waals surface area contributed by atoms with Gasteiger partial charge < -0.3 is 20.3 Å². The van der Waals surface area contributed by atoms with Gasteiger partial charge in [0.1, 0.15) is 6.54 Å². The van der Waals surface area contributed by atoms with Gasteiger partial charge in [0.05, 0.1) is 12.6 Å². The van der Waals surface area contributed by atoms with E-state index in [2.05, 4.69) is 10.6 Å². The second-order valence-corrected chi connectivity index (χ2v) is 5.81. The summed E-state index contributed by atoms with van der Waals surface area (Å²) in [5, 5.41) is 5.70. The van der Waals surface area contributed by atoms with Crippen LogP contribution in [0.3, 0.4) is 0 Å². The molecule has 2 N–H and O–H groups in total. The van der Waals surface area contributed by atoms with E-state index in [0.717, 1.165) is 5.56 Å². The lowest BCUT2D eigenvalue weighted by Gasteiger charge is -2.18. The Balaban J connectivity index is 1.80. The lowest BCUT2D eigenvalue weighted by atomic mass is 10.2. The smallest absolute Gasteiger partial charge is 0.325 e. The third-order valence-corrected chi connectivity index (χ3v) is 3.94. The molecule has 2 rings (SSSR count). The Labute approximate surface area is 145 Å². The van der Waals surface area contributed by atoms with Crippen LogP contribution < -0.4 is 10.6 Å². The molecule has 7 nitrogen and oxygen atoms in total. The van der Waals surface area contributed by atoms with E-state index in [1.165, 1.54) is 0 Å². The highest BCUT2D eigenvalue weighted by Crippen LogP contribution is 2.20. The number of esters is 1. The lowest BCUT2D eigenvalue weighted by Crippen LogP contribution is -2.45. The van der Waals surface area contributed by atoms with E-state index in [1.807, 2.05) is 18.2 Å². The molecule has 1 atom stereocenters. The number of benzene rings is 1. The minimum atomic E-state index is -0.504. The SMILES string of the molecule is CCOC(=O)CNC(=O)NC1CC(=O)N(Cc2ccccc2Cl)C1. The number of rotatable bonds is 6. The van der Waals surface area contributed by atoms with Crippen LogP contribution in [0, 0.1) is 0 Å². The predicted octanol–water partition coefficient (Wildman–Crippen LogP) is 1.30. The molecular weight excluding hydrogens is 334 g/mol. The third-order valence-electron chi connectivity index (χ3n) is 3.57. The van der Waals surface area contributed by atoms with Crippen molar-refractivity contribution in [2.75, 3.05) is 19.7 Å². The van der Waals surface area contributed by atoms with E-state index < -0.39 is 12.0 Å². The number of likely N-dealkylation sites (tertiary alicyclic amines) is 1. The quantitative estimate of drug-likeness (QED) is 0.755. The van der Waals surface area contributed by atoms with Gasteiger partial charge in [-0.05, 0) is 18.6 Å². The fourth-order valence-corrected chi connectivity index (χ4v) is 2.65. The first-order chi connectivity index (χ1) is 11.5. The van der Waals surface area contributed by atoms with Crippen molar-refractivity contribution in [3.63, 3.8) is 0 Å². The van der Waals surface area contributed by atoms with E-state index in [4.69, 9.17) is 16.3 Å². The van der Waals surface area contributed by atoms with Crippen LogP contribution in [0.5, 0.6) is 0 Å². The maximum absolute atomic E-state index is 12.1. The molecular formula is C16H20ClN3O4. The number of carbonyl (C=O) groups excluding carboxylic acids is 3. The highest BCUT2D eigenvalue weighted by atomic mass is 35.5. The molecule has 24 heavy (non-hydrogen) atoms. The molecule has 8 heteroatoms. The summed E-state index contributed by atoms with van der Waals surface area (Å²) in [6.45, 7) is 2.55. The molecule has 1 unspecified atom stereocenters. The second kappa shape index (κ2) is 8.54. The lowest BCUT2D eigenvalue weighted by molar-refractivity contribution is -0.141. The fraction of sp³-hybridized carbons (Fsp3) is 0.438. The fourth-order valence-electron chi connectivity index (χ4n) is 2.45. The Kier molecular flexibility index (Phi) is 6.43. The minimum absolute atomic E-state index is 0.0504. The largest absolute Gasteiger partial charge is 0.465 e. The minimum Gasteiger partial charge on any atom is -0.465 e. The molecule has 130 valence electrons. The number of nitrogens with one attached hydrogen (secondary N) is 2. The summed E-state index contributed by atoms with van der Waals surface area (Å²) < 4.78 is 4.72. The van der Waals surface area contributed by atoms with Crippen molar-refractivity contribution in [3.05, 3.63) is 34.9 Å². The average molecular weight is 354 g/mol. The second-order valence-electron chi connectivity index (χ2n) is 5.40. The van der Waals surface area contributed by atoms with Gasteiger partial charge in [0.2, 0.25) is 5.91 Å². The summed E-state index contributed by atoms with van der Waals surface area (Å²) in [6, 6.07) is 6.52. The number of urea groups is 1. The Morgan fingerprint density at radius 2 is 2.12 bits per heavy atom. The van der Waals surface area contributed by atoms with Crippen molar-refractivity contribution in [1.29, 1.82) is 0 Å². The highest BCUT2D eigenvalue weighted by molar-refractivity contribution is 6.31. The predicted molar refractivity (Wildman–Crippen MR) is 88.4 cm³/mol. The van der Waals surface area contributed by atoms with E-state index in [-0.39, 0.29) is 31.5 Å². The standard InChI is InChI=1S/C16H20ClN3O4/c1-2-24-15(22)8-18-16(23)19-12-7-14(21)20(10-12)9-11-5-3-4-6-13(11)17/h3-6,12H,2,7-10H2,1H3,(H2,18,19,23). The maximum atomic E-state index is 12.1. The molecule has 0 radical (unpaired) electrons. The molecule has 1 heterocycles. The van der Waals surface area contributed by atoms with Crippen molar-refractivity contribution in [1.82, 2.24) is 15.5 Å². The van der Waals surface area contributed by atoms with E-state index >= 15 is 0 Å². The summed E-state index contributed by atoms with van der Waals surface area (Å²) in [4.78, 5) is 36.7. The first kappa shape index (κ1) is 18.1. The Morgan fingerprint density at radius 1 is 1.38 bits per heavy atom. The molecule has 0 bridgehead atoms. The number of ether oxygens (including phenoxy) is 1. The van der Waals surface area contributed by atoms with Gasteiger partial charge in [-0.1, -0.05) is 29.8 Å². The first-order valence-corrected chi connectivity index (χ1v) is 8.08. The number of amides is 3. The molecule has 0 saturated carbocycles. The van der Waals surface area contributed by atoms with Crippen LogP contribution in [0.1, 0.15) is 18.9 Å². The zero-order valence-corrected chi connectivity index (χ0v) is 14.1. The van der Waals surface area contributed by atoms with E-state index in [9.17, 15) is 14.4 Å². The molecule has 1 saturated heterocycles. The van der Waals surface area contributed by atoms with Gasteiger partial charge in [0.25, 0.3) is 0 Å². The molecule has 0 spiro atoms. The highest BCUT2D eigenvalue weighted by Gasteiger charge is 2.30. The normalized spacial score (nSPS) is 16.8. The number of hydrogen-bond acceptors (Lipinski definition) is 4. The summed E-state index contributed by atoms with van der Waals surface area (Å²) in [5.74, 6) is -0.555. The van der Waals surface area contributed by atoms with Crippen LogP contribution in [0.2, 0.25) is 5.02 Å². The third kappa shape index (κ3) is 5.13. The monoisotopic (exact) mass is 353 g/mol. The maximum Gasteiger partial charge on any atom is 0.325 e. The zero-order chi connectivity index (χ0) is 17.5. The molecule has 1 aromatic rings. The van der Waals surface area contributed by atoms with Crippen molar-refractivity contribution >= 4 is 29.5 Å². The topological polar surface area (TPSA) is 87.7 Å². The molecule has 0 aromatic heterocycles. The summed E-state index contributed by atoms with van der Waals surface area (Å²) in [7, 11) is 0. The van der Waals surface area contributed by atoms with Crippen LogP contribution in [-0.2, 0) is 20.9 Å². The van der Waals surface area contributed by atoms with Gasteiger partial charge in [-0.3, -0.25) is 9.59 Å². The Bertz CT molecular complexity index is 623. The molecule has 1 aliphatic rings. The van der Waals surface area contributed by atoms with Crippen LogP contribution in [0.4, 0.5) is 4.79 Å². The van der Waals surface area contributed by atoms with Crippen LogP contribution in [0.15, 0.2) is 24.3 Å². The van der Waals surface area contributed by atoms with Crippen molar-refractivity contribution in [2.24, 2.45) is 0 Å². The summed E-state index contributed by atoms with van der Waals surface area (Å²) in [5.41, 5.74) is 0.861. The van der Waals surface area contributed by atoms with Gasteiger partial charge in [-0.25, -0.2) is 4.79 Å². The number of nitrogens with zero attached hydrogens (tertiary/aromatic N) is 1. The number of hydrogen-bond donors (Lipinski definition) is 2. The molecule has 3 amide bonds. The molecule has 1 aliphatic heterocycles. The van der Waals surface area contributed by atoms with Gasteiger partial charge in [-0.15, -0.1) is 0 Å². The summed E-state index contributed by atoms with van der Waals surface area (Å²) in [6.07, 6.45) is 0.220. The first-order valence-electron chi connectivity index (χ1n) is 7.70. The van der Waals surface area contributed by atoms with Gasteiger partial charge in [0, 0.05) is 24.5 Å². The molecule has 1 fully saturated rings. The van der Waals surface area contributed by atoms with Crippen LogP contribution >= 0.6 is 11.6 Å². The van der Waals surface area contributed by atoms with Crippen molar-refractivity contribution in [2.45, 2.75) is 25.9 Å². The zero-order valence-electron chi connectivity index (χ0n) is 13.4. The Hall–Kier alpha value is -2.28. The number of carbonyl (C=O) groups is 3. The Morgan fingerprint density at radius 3 is 2.83 bits per heavy atom. The number of halogens is 1. The van der Waals surface area contributed by atoms with Crippen LogP contribution in [-0.4, -0.2) is 48.5 Å². The molecule has 1 aromatic carbocycles. The van der Waals surface area contributed by atoms with Gasteiger partial charge in [0.15, 0.2) is 0 Å². The van der Waals surface area contributed by atoms with Crippen molar-refractivity contribution < 1.29 is 19.1 Å². The summed E-state index contributed by atoms with van der Waals surface area (Å²) >= 11 is 6.11. The molecule has 0 aliphatic carbocycles. The average Bonchev–Trinajstić information content (AvgIpc) is 2.87. The van der Waals surface area contributed by atoms with E-state index in [0.29, 0.717) is 18.1 Å².